The van der Waals surface area contributed by atoms with Crippen LogP contribution in [0.15, 0.2) is 18.2 Å². The van der Waals surface area contributed by atoms with E-state index in [9.17, 15) is 4.79 Å². The Labute approximate surface area is 122 Å². The molecular weight excluding hydrogens is 437 g/mol. The summed E-state index contributed by atoms with van der Waals surface area (Å²) in [6, 6.07) is 4.82. The predicted molar refractivity (Wildman–Crippen MR) is 74.6 cm³/mol. The summed E-state index contributed by atoms with van der Waals surface area (Å²) in [6.45, 7) is 0. The summed E-state index contributed by atoms with van der Waals surface area (Å²) in [5.41, 5.74) is 0.455. The van der Waals surface area contributed by atoms with E-state index in [0.717, 1.165) is 0 Å². The van der Waals surface area contributed by atoms with Gasteiger partial charge < -0.3 is 5.32 Å². The van der Waals surface area contributed by atoms with Gasteiger partial charge in [0.05, 0.1) is 10.7 Å². The highest BCUT2D eigenvalue weighted by molar-refractivity contribution is 9.40. The van der Waals surface area contributed by atoms with Crippen LogP contribution in [0.5, 0.6) is 0 Å². The summed E-state index contributed by atoms with van der Waals surface area (Å²) >= 11 is 20.9. The molecule has 0 fully saturated rings. The number of anilines is 1. The molecule has 0 saturated heterocycles. The second-order valence-corrected chi connectivity index (χ2v) is 10.2. The fourth-order valence-corrected chi connectivity index (χ4v) is 1.42. The van der Waals surface area contributed by atoms with E-state index in [1.165, 1.54) is 0 Å². The predicted octanol–water partition coefficient (Wildman–Crippen LogP) is 4.77. The minimum Gasteiger partial charge on any atom is -0.322 e. The Bertz CT molecular complexity index is 392. The molecule has 0 aromatic heterocycles. The first-order valence-electron chi connectivity index (χ1n) is 3.64. The van der Waals surface area contributed by atoms with Gasteiger partial charge in [0.2, 0.25) is 2.14 Å². The van der Waals surface area contributed by atoms with Crippen molar-refractivity contribution in [2.24, 2.45) is 0 Å². The molecule has 1 rings (SSSR count). The van der Waals surface area contributed by atoms with Crippen LogP contribution in [-0.2, 0) is 4.79 Å². The Morgan fingerprint density at radius 3 is 2.40 bits per heavy atom. The zero-order chi connectivity index (χ0) is 11.6. The number of rotatable bonds is 1. The van der Waals surface area contributed by atoms with Gasteiger partial charge in [-0.05, 0) is 66.0 Å². The van der Waals surface area contributed by atoms with Gasteiger partial charge in [-0.2, -0.15) is 0 Å². The monoisotopic (exact) mass is 437 g/mol. The Morgan fingerprint density at radius 2 is 1.87 bits per heavy atom. The summed E-state index contributed by atoms with van der Waals surface area (Å²) in [5.74, 6) is -0.341. The molecule has 0 heterocycles. The molecule has 0 aliphatic carbocycles. The van der Waals surface area contributed by atoms with Crippen molar-refractivity contribution in [1.82, 2.24) is 0 Å². The third-order valence-electron chi connectivity index (χ3n) is 1.43. The maximum atomic E-state index is 11.5. The van der Waals surface area contributed by atoms with Gasteiger partial charge in [0, 0.05) is 5.02 Å². The van der Waals surface area contributed by atoms with E-state index < -0.39 is 2.14 Å². The van der Waals surface area contributed by atoms with E-state index >= 15 is 0 Å². The van der Waals surface area contributed by atoms with Crippen molar-refractivity contribution in [3.8, 4) is 0 Å². The van der Waals surface area contributed by atoms with Crippen LogP contribution >= 0.6 is 71.0 Å². The van der Waals surface area contributed by atoms with Gasteiger partial charge in [-0.3, -0.25) is 4.79 Å². The summed E-state index contributed by atoms with van der Waals surface area (Å²) in [5, 5.41) is 3.51. The average Bonchev–Trinajstić information content (AvgIpc) is 2.09. The lowest BCUT2D eigenvalue weighted by Crippen LogP contribution is -2.25. The van der Waals surface area contributed by atoms with Gasteiger partial charge in [0.15, 0.2) is 0 Å². The molecule has 15 heavy (non-hydrogen) atoms. The van der Waals surface area contributed by atoms with Crippen LogP contribution in [0.25, 0.3) is 0 Å². The van der Waals surface area contributed by atoms with Crippen LogP contribution in [0.4, 0.5) is 5.69 Å². The van der Waals surface area contributed by atoms with Crippen molar-refractivity contribution in [2.45, 2.75) is 2.14 Å². The number of carbonyl (C=O) groups excluding carboxylic acids is 1. The number of alkyl halides is 3. The number of halogens is 5. The van der Waals surface area contributed by atoms with Gasteiger partial charge in [-0.15, -0.1) is 0 Å². The summed E-state index contributed by atoms with van der Waals surface area (Å²) in [4.78, 5) is 11.5. The average molecular weight is 441 g/mol. The number of hydrogen-bond acceptors (Lipinski definition) is 1. The molecule has 2 nitrogen and oxygen atoms in total. The molecule has 82 valence electrons. The van der Waals surface area contributed by atoms with Crippen molar-refractivity contribution >= 4 is 82.6 Å². The van der Waals surface area contributed by atoms with Crippen LogP contribution < -0.4 is 5.32 Å². The van der Waals surface area contributed by atoms with Gasteiger partial charge in [0.1, 0.15) is 0 Å². The molecule has 0 radical (unpaired) electrons. The molecular formula is C8H4Br3Cl2NO. The molecule has 1 aromatic rings. The molecule has 0 aliphatic rings. The van der Waals surface area contributed by atoms with Crippen LogP contribution in [-0.4, -0.2) is 8.05 Å². The smallest absolute Gasteiger partial charge is 0.263 e. The van der Waals surface area contributed by atoms with E-state index in [0.29, 0.717) is 15.7 Å². The van der Waals surface area contributed by atoms with E-state index in [1.54, 1.807) is 18.2 Å². The first-order valence-corrected chi connectivity index (χ1v) is 6.77. The maximum Gasteiger partial charge on any atom is 0.263 e. The van der Waals surface area contributed by atoms with Crippen molar-refractivity contribution in [3.63, 3.8) is 0 Å². The fourth-order valence-electron chi connectivity index (χ4n) is 0.786. The first-order chi connectivity index (χ1) is 6.80. The minimum atomic E-state index is -1.02. The Balaban J connectivity index is 2.90. The molecule has 0 bridgehead atoms. The zero-order valence-electron chi connectivity index (χ0n) is 7.03. The molecule has 0 atom stereocenters. The molecule has 1 amide bonds. The second kappa shape index (κ2) is 5.36. The molecule has 0 aliphatic heterocycles. The van der Waals surface area contributed by atoms with Crippen molar-refractivity contribution in [1.29, 1.82) is 0 Å². The van der Waals surface area contributed by atoms with Crippen molar-refractivity contribution < 1.29 is 4.79 Å². The zero-order valence-corrected chi connectivity index (χ0v) is 13.3. The van der Waals surface area contributed by atoms with Crippen molar-refractivity contribution in [3.05, 3.63) is 28.2 Å². The van der Waals surface area contributed by atoms with E-state index in [2.05, 4.69) is 53.1 Å². The lowest BCUT2D eigenvalue weighted by atomic mass is 10.3. The fraction of sp³-hybridized carbons (Fsp3) is 0.125. The summed E-state index contributed by atoms with van der Waals surface area (Å²) in [6.07, 6.45) is 0. The number of nitrogens with one attached hydrogen (secondary N) is 1. The molecule has 0 spiro atoms. The topological polar surface area (TPSA) is 29.1 Å². The SMILES string of the molecule is O=C(Nc1cc(Cl)ccc1Cl)C(Br)(Br)Br. The highest BCUT2D eigenvalue weighted by Gasteiger charge is 2.28. The number of benzene rings is 1. The van der Waals surface area contributed by atoms with Crippen LogP contribution in [0, 0.1) is 0 Å². The highest BCUT2D eigenvalue weighted by Crippen LogP contribution is 2.35. The van der Waals surface area contributed by atoms with Gasteiger partial charge in [-0.1, -0.05) is 23.2 Å². The molecule has 0 saturated carbocycles. The lowest BCUT2D eigenvalue weighted by molar-refractivity contribution is -0.114. The third kappa shape index (κ3) is 4.23. The van der Waals surface area contributed by atoms with Crippen LogP contribution in [0.2, 0.25) is 10.0 Å². The second-order valence-electron chi connectivity index (χ2n) is 2.58. The van der Waals surface area contributed by atoms with Crippen LogP contribution in [0.1, 0.15) is 0 Å². The number of amides is 1. The maximum absolute atomic E-state index is 11.5. The quantitative estimate of drug-likeness (QED) is 0.626. The standard InChI is InChI=1S/C8H4Br3Cl2NO/c9-8(10,11)7(15)14-6-3-4(12)1-2-5(6)13/h1-3H,(H,14,15). The highest BCUT2D eigenvalue weighted by atomic mass is 80.0. The Kier molecular flexibility index (Phi) is 4.92. The third-order valence-corrected chi connectivity index (χ3v) is 3.08. The van der Waals surface area contributed by atoms with Gasteiger partial charge in [-0.25, -0.2) is 0 Å². The summed E-state index contributed by atoms with van der Waals surface area (Å²) in [7, 11) is 0. The van der Waals surface area contributed by atoms with Crippen LogP contribution in [0.3, 0.4) is 0 Å². The Hall–Kier alpha value is 0.710. The van der Waals surface area contributed by atoms with Gasteiger partial charge >= 0.3 is 0 Å². The lowest BCUT2D eigenvalue weighted by Gasteiger charge is -2.13. The molecule has 7 heteroatoms. The minimum absolute atomic E-state index is 0.341. The number of carbonyl (C=O) groups is 1. The molecule has 1 N–H and O–H groups in total. The van der Waals surface area contributed by atoms with E-state index in [-0.39, 0.29) is 5.91 Å². The largest absolute Gasteiger partial charge is 0.322 e. The molecule has 1 aromatic carbocycles. The van der Waals surface area contributed by atoms with Gasteiger partial charge in [0.25, 0.3) is 5.91 Å². The summed E-state index contributed by atoms with van der Waals surface area (Å²) < 4.78 is -1.02. The Morgan fingerprint density at radius 1 is 1.27 bits per heavy atom. The van der Waals surface area contributed by atoms with E-state index in [4.69, 9.17) is 23.2 Å². The van der Waals surface area contributed by atoms with Crippen molar-refractivity contribution in [2.75, 3.05) is 5.32 Å². The number of hydrogen-bond donors (Lipinski definition) is 1. The van der Waals surface area contributed by atoms with E-state index in [1.807, 2.05) is 0 Å². The molecule has 0 unspecified atom stereocenters. The first kappa shape index (κ1) is 13.8. The normalized spacial score (nSPS) is 11.3.